The minimum absolute atomic E-state index is 0.204. The van der Waals surface area contributed by atoms with Crippen LogP contribution in [0, 0.1) is 0 Å². The van der Waals surface area contributed by atoms with Crippen molar-refractivity contribution in [3.63, 3.8) is 0 Å². The predicted octanol–water partition coefficient (Wildman–Crippen LogP) is 2.78. The van der Waals surface area contributed by atoms with E-state index in [1.54, 1.807) is 0 Å². The Kier molecular flexibility index (Phi) is 6.04. The van der Waals surface area contributed by atoms with Gasteiger partial charge in [-0.05, 0) is 46.6 Å². The normalized spacial score (nSPS) is 19.5. The van der Waals surface area contributed by atoms with Gasteiger partial charge in [-0.2, -0.15) is 5.10 Å². The first-order chi connectivity index (χ1) is 10.9. The number of likely N-dealkylation sites (tertiary alicyclic amines) is 1. The Balaban J connectivity index is 1.90. The Morgan fingerprint density at radius 3 is 2.91 bits per heavy atom. The summed E-state index contributed by atoms with van der Waals surface area (Å²) >= 11 is 0. The maximum absolute atomic E-state index is 12.3. The molecule has 6 heteroatoms. The number of rotatable bonds is 4. The van der Waals surface area contributed by atoms with Crippen LogP contribution in [0.3, 0.4) is 0 Å². The molecule has 1 amide bonds. The number of aryl methyl sites for hydroxylation is 1. The van der Waals surface area contributed by atoms with E-state index in [0.717, 1.165) is 38.9 Å². The van der Waals surface area contributed by atoms with E-state index in [0.29, 0.717) is 12.6 Å². The van der Waals surface area contributed by atoms with Crippen molar-refractivity contribution in [2.75, 3.05) is 13.1 Å². The van der Waals surface area contributed by atoms with Crippen LogP contribution < -0.4 is 5.32 Å². The number of nitrogens with zero attached hydrogens (tertiary/aromatic N) is 3. The van der Waals surface area contributed by atoms with Gasteiger partial charge in [-0.15, -0.1) is 0 Å². The lowest BCUT2D eigenvalue weighted by Gasteiger charge is -2.28. The zero-order chi connectivity index (χ0) is 16.9. The van der Waals surface area contributed by atoms with Crippen molar-refractivity contribution < 1.29 is 9.53 Å². The van der Waals surface area contributed by atoms with E-state index in [9.17, 15) is 4.79 Å². The molecule has 0 spiro atoms. The first-order valence-electron chi connectivity index (χ1n) is 8.61. The molecule has 1 aliphatic rings. The lowest BCUT2D eigenvalue weighted by atomic mass is 10.1. The lowest BCUT2D eigenvalue weighted by molar-refractivity contribution is 0.0243. The molecular formula is C17H30N4O2. The van der Waals surface area contributed by atoms with Gasteiger partial charge in [-0.1, -0.05) is 6.42 Å². The molecule has 1 atom stereocenters. The smallest absolute Gasteiger partial charge is 0.410 e. The zero-order valence-corrected chi connectivity index (χ0v) is 14.8. The van der Waals surface area contributed by atoms with Crippen LogP contribution in [0.1, 0.15) is 52.7 Å². The molecule has 0 radical (unpaired) electrons. The summed E-state index contributed by atoms with van der Waals surface area (Å²) in [5, 5.41) is 7.87. The predicted molar refractivity (Wildman–Crippen MR) is 90.2 cm³/mol. The number of ether oxygens (including phenoxy) is 1. The molecule has 23 heavy (non-hydrogen) atoms. The SMILES string of the molecule is CCn1nccc1CNC1CCCCN(C(=O)OC(C)(C)C)C1. The van der Waals surface area contributed by atoms with Crippen LogP contribution in [0.2, 0.25) is 0 Å². The molecule has 6 nitrogen and oxygen atoms in total. The summed E-state index contributed by atoms with van der Waals surface area (Å²) in [6.45, 7) is 10.9. The summed E-state index contributed by atoms with van der Waals surface area (Å²) in [7, 11) is 0. The monoisotopic (exact) mass is 322 g/mol. The van der Waals surface area contributed by atoms with Crippen LogP contribution in [0.25, 0.3) is 0 Å². The Bertz CT molecular complexity index is 507. The van der Waals surface area contributed by atoms with Gasteiger partial charge in [0.2, 0.25) is 0 Å². The van der Waals surface area contributed by atoms with Gasteiger partial charge in [0.05, 0.1) is 5.69 Å². The maximum Gasteiger partial charge on any atom is 0.410 e. The summed E-state index contributed by atoms with van der Waals surface area (Å²) in [4.78, 5) is 14.1. The number of aromatic nitrogens is 2. The highest BCUT2D eigenvalue weighted by atomic mass is 16.6. The second kappa shape index (κ2) is 7.81. The minimum atomic E-state index is -0.445. The molecule has 130 valence electrons. The fraction of sp³-hybridized carbons (Fsp3) is 0.765. The summed E-state index contributed by atoms with van der Waals surface area (Å²) in [5.74, 6) is 0. The number of carbonyl (C=O) groups excluding carboxylic acids is 1. The van der Waals surface area contributed by atoms with Gasteiger partial charge >= 0.3 is 6.09 Å². The zero-order valence-electron chi connectivity index (χ0n) is 14.8. The van der Waals surface area contributed by atoms with Crippen molar-refractivity contribution in [3.8, 4) is 0 Å². The Hall–Kier alpha value is -1.56. The number of hydrogen-bond donors (Lipinski definition) is 1. The van der Waals surface area contributed by atoms with Crippen LogP contribution in [-0.4, -0.2) is 45.5 Å². The Morgan fingerprint density at radius 1 is 1.43 bits per heavy atom. The van der Waals surface area contributed by atoms with Gasteiger partial charge in [0.1, 0.15) is 5.60 Å². The Labute approximate surface area is 139 Å². The first-order valence-corrected chi connectivity index (χ1v) is 8.61. The second-order valence-corrected chi connectivity index (χ2v) is 7.14. The fourth-order valence-corrected chi connectivity index (χ4v) is 2.84. The molecule has 0 saturated carbocycles. The lowest BCUT2D eigenvalue weighted by Crippen LogP contribution is -2.44. The standard InChI is InChI=1S/C17H30N4O2/c1-5-21-15(9-10-19-21)12-18-14-8-6-7-11-20(13-14)16(22)23-17(2,3)4/h9-10,14,18H,5-8,11-13H2,1-4H3. The van der Waals surface area contributed by atoms with Gasteiger partial charge in [-0.25, -0.2) is 4.79 Å². The molecule has 2 heterocycles. The van der Waals surface area contributed by atoms with Crippen LogP contribution in [0.5, 0.6) is 0 Å². The fourth-order valence-electron chi connectivity index (χ4n) is 2.84. The molecule has 1 unspecified atom stereocenters. The van der Waals surface area contributed by atoms with E-state index < -0.39 is 5.60 Å². The molecule has 0 aliphatic carbocycles. The van der Waals surface area contributed by atoms with Crippen molar-refractivity contribution in [1.29, 1.82) is 0 Å². The third kappa shape index (κ3) is 5.53. The number of hydrogen-bond acceptors (Lipinski definition) is 4. The highest BCUT2D eigenvalue weighted by Gasteiger charge is 2.26. The largest absolute Gasteiger partial charge is 0.444 e. The second-order valence-electron chi connectivity index (χ2n) is 7.14. The van der Waals surface area contributed by atoms with Crippen LogP contribution in [0.4, 0.5) is 4.79 Å². The van der Waals surface area contributed by atoms with Gasteiger partial charge < -0.3 is 15.0 Å². The molecule has 1 N–H and O–H groups in total. The van der Waals surface area contributed by atoms with E-state index >= 15 is 0 Å². The van der Waals surface area contributed by atoms with E-state index in [1.165, 1.54) is 5.69 Å². The summed E-state index contributed by atoms with van der Waals surface area (Å²) in [5.41, 5.74) is 0.737. The number of amides is 1. The molecule has 1 fully saturated rings. The van der Waals surface area contributed by atoms with Crippen molar-refractivity contribution in [2.45, 2.75) is 71.7 Å². The third-order valence-electron chi connectivity index (χ3n) is 4.00. The topological polar surface area (TPSA) is 59.4 Å². The highest BCUT2D eigenvalue weighted by Crippen LogP contribution is 2.16. The van der Waals surface area contributed by atoms with Crippen molar-refractivity contribution >= 4 is 6.09 Å². The van der Waals surface area contributed by atoms with Crippen LogP contribution >= 0.6 is 0 Å². The molecule has 2 rings (SSSR count). The van der Waals surface area contributed by atoms with E-state index in [2.05, 4.69) is 17.3 Å². The average Bonchev–Trinajstić information content (AvgIpc) is 2.79. The molecule has 0 bridgehead atoms. The average molecular weight is 322 g/mol. The van der Waals surface area contributed by atoms with E-state index in [4.69, 9.17) is 4.74 Å². The third-order valence-corrected chi connectivity index (χ3v) is 4.00. The molecular weight excluding hydrogens is 292 g/mol. The van der Waals surface area contributed by atoms with Gasteiger partial charge in [0, 0.05) is 38.4 Å². The summed E-state index contributed by atoms with van der Waals surface area (Å²) in [6.07, 6.45) is 4.87. The molecule has 1 saturated heterocycles. The van der Waals surface area contributed by atoms with Gasteiger partial charge in [-0.3, -0.25) is 4.68 Å². The molecule has 1 aliphatic heterocycles. The number of nitrogens with one attached hydrogen (secondary N) is 1. The van der Waals surface area contributed by atoms with Crippen LogP contribution in [0.15, 0.2) is 12.3 Å². The van der Waals surface area contributed by atoms with Gasteiger partial charge in [0.25, 0.3) is 0 Å². The minimum Gasteiger partial charge on any atom is -0.444 e. The van der Waals surface area contributed by atoms with Crippen molar-refractivity contribution in [1.82, 2.24) is 20.0 Å². The van der Waals surface area contributed by atoms with Crippen molar-refractivity contribution in [3.05, 3.63) is 18.0 Å². The molecule has 1 aromatic heterocycles. The van der Waals surface area contributed by atoms with Crippen molar-refractivity contribution in [2.24, 2.45) is 0 Å². The summed E-state index contributed by atoms with van der Waals surface area (Å²) < 4.78 is 7.51. The van der Waals surface area contributed by atoms with Crippen LogP contribution in [-0.2, 0) is 17.8 Å². The summed E-state index contributed by atoms with van der Waals surface area (Å²) in [6, 6.07) is 2.34. The van der Waals surface area contributed by atoms with E-state index in [1.807, 2.05) is 42.6 Å². The van der Waals surface area contributed by atoms with E-state index in [-0.39, 0.29) is 6.09 Å². The maximum atomic E-state index is 12.3. The molecule has 0 aromatic carbocycles. The van der Waals surface area contributed by atoms with Gasteiger partial charge in [0.15, 0.2) is 0 Å². The molecule has 1 aromatic rings. The highest BCUT2D eigenvalue weighted by molar-refractivity contribution is 5.68. The first kappa shape index (κ1) is 17.8. The number of carbonyl (C=O) groups is 1. The quantitative estimate of drug-likeness (QED) is 0.926. The Morgan fingerprint density at radius 2 is 2.22 bits per heavy atom.